The first-order valence-corrected chi connectivity index (χ1v) is 6.47. The Kier molecular flexibility index (Phi) is 4.32. The zero-order valence-electron chi connectivity index (χ0n) is 11.9. The Morgan fingerprint density at radius 3 is 2.86 bits per heavy atom. The molecule has 7 heteroatoms. The van der Waals surface area contributed by atoms with Gasteiger partial charge in [0.15, 0.2) is 0 Å². The van der Waals surface area contributed by atoms with Crippen molar-refractivity contribution < 1.29 is 10.0 Å². The van der Waals surface area contributed by atoms with E-state index in [1.165, 1.54) is 4.90 Å². The molecule has 0 radical (unpaired) electrons. The van der Waals surface area contributed by atoms with Crippen molar-refractivity contribution in [2.24, 2.45) is 16.8 Å². The summed E-state index contributed by atoms with van der Waals surface area (Å²) in [5.41, 5.74) is 7.25. The lowest BCUT2D eigenvalue weighted by molar-refractivity contribution is 0.0787. The van der Waals surface area contributed by atoms with Crippen LogP contribution in [0.1, 0.15) is 17.3 Å². The molecule has 1 unspecified atom stereocenters. The number of benzene rings is 1. The average molecular weight is 287 g/mol. The minimum Gasteiger partial charge on any atom is -0.409 e. The van der Waals surface area contributed by atoms with Gasteiger partial charge in [-0.3, -0.25) is 14.8 Å². The highest BCUT2D eigenvalue weighted by Gasteiger charge is 2.19. The molecule has 0 saturated heterocycles. The first kappa shape index (κ1) is 14.7. The summed E-state index contributed by atoms with van der Waals surface area (Å²) < 4.78 is 0. The Balaban J connectivity index is 2.26. The number of fused-ring (bicyclic) bond motifs is 1. The molecule has 1 amide bonds. The number of carbonyl (C=O) groups is 1. The van der Waals surface area contributed by atoms with Crippen molar-refractivity contribution in [1.29, 1.82) is 0 Å². The van der Waals surface area contributed by atoms with Crippen molar-refractivity contribution in [2.75, 3.05) is 13.6 Å². The highest BCUT2D eigenvalue weighted by atomic mass is 16.4. The minimum absolute atomic E-state index is 0.0901. The lowest BCUT2D eigenvalue weighted by Gasteiger charge is -2.21. The Bertz CT molecular complexity index is 681. The highest BCUT2D eigenvalue weighted by molar-refractivity contribution is 6.04. The van der Waals surface area contributed by atoms with Gasteiger partial charge in [-0.1, -0.05) is 18.1 Å². The van der Waals surface area contributed by atoms with Crippen molar-refractivity contribution >= 4 is 22.8 Å². The zero-order valence-corrected chi connectivity index (χ0v) is 11.9. The third-order valence-corrected chi connectivity index (χ3v) is 3.24. The smallest absolute Gasteiger partial charge is 0.255 e. The van der Waals surface area contributed by atoms with E-state index in [0.29, 0.717) is 23.1 Å². The summed E-state index contributed by atoms with van der Waals surface area (Å²) in [5, 5.41) is 11.6. The van der Waals surface area contributed by atoms with E-state index in [4.69, 9.17) is 10.9 Å². The Morgan fingerprint density at radius 2 is 2.14 bits per heavy atom. The van der Waals surface area contributed by atoms with Gasteiger partial charge in [-0.25, -0.2) is 0 Å². The second kappa shape index (κ2) is 6.17. The second-order valence-electron chi connectivity index (χ2n) is 4.84. The van der Waals surface area contributed by atoms with Gasteiger partial charge in [-0.2, -0.15) is 0 Å². The van der Waals surface area contributed by atoms with Crippen molar-refractivity contribution in [3.05, 3.63) is 36.2 Å². The first-order chi connectivity index (χ1) is 10.0. The molecule has 0 aliphatic heterocycles. The van der Waals surface area contributed by atoms with Crippen LogP contribution in [0.3, 0.4) is 0 Å². The minimum atomic E-state index is -0.245. The van der Waals surface area contributed by atoms with E-state index in [1.54, 1.807) is 44.6 Å². The fourth-order valence-electron chi connectivity index (χ4n) is 2.06. The second-order valence-corrected chi connectivity index (χ2v) is 4.84. The fraction of sp³-hybridized carbons (Fsp3) is 0.286. The standard InChI is InChI=1S/C14H17N5O2/c1-9(13(15)18-21)8-19(2)14(20)10-4-3-5-11-12(10)17-7-6-16-11/h3-7,9,21H,8H2,1-2H3,(H2,15,18). The maximum atomic E-state index is 12.5. The first-order valence-electron chi connectivity index (χ1n) is 6.47. The van der Waals surface area contributed by atoms with Crippen LogP contribution in [0.25, 0.3) is 11.0 Å². The summed E-state index contributed by atoms with van der Waals surface area (Å²) >= 11 is 0. The Morgan fingerprint density at radius 1 is 1.43 bits per heavy atom. The molecular weight excluding hydrogens is 270 g/mol. The fourth-order valence-corrected chi connectivity index (χ4v) is 2.06. The van der Waals surface area contributed by atoms with Gasteiger partial charge in [0.05, 0.1) is 11.1 Å². The molecule has 2 aromatic rings. The summed E-state index contributed by atoms with van der Waals surface area (Å²) in [6.45, 7) is 2.12. The van der Waals surface area contributed by atoms with Gasteiger partial charge in [0, 0.05) is 31.9 Å². The molecule has 1 atom stereocenters. The molecule has 3 N–H and O–H groups in total. The number of para-hydroxylation sites is 1. The van der Waals surface area contributed by atoms with Crippen LogP contribution in [-0.4, -0.2) is 45.4 Å². The molecule has 7 nitrogen and oxygen atoms in total. The number of amides is 1. The molecule has 0 bridgehead atoms. The van der Waals surface area contributed by atoms with Gasteiger partial charge >= 0.3 is 0 Å². The quantitative estimate of drug-likeness (QED) is 0.379. The lowest BCUT2D eigenvalue weighted by atomic mass is 10.1. The molecule has 110 valence electrons. The molecule has 0 aliphatic rings. The van der Waals surface area contributed by atoms with Gasteiger partial charge in [0.2, 0.25) is 0 Å². The number of oxime groups is 1. The molecule has 0 spiro atoms. The van der Waals surface area contributed by atoms with Gasteiger partial charge in [0.1, 0.15) is 11.4 Å². The molecule has 0 fully saturated rings. The number of amidine groups is 1. The summed E-state index contributed by atoms with van der Waals surface area (Å²) in [6, 6.07) is 5.28. The van der Waals surface area contributed by atoms with Gasteiger partial charge < -0.3 is 15.8 Å². The number of rotatable bonds is 4. The van der Waals surface area contributed by atoms with Gasteiger partial charge in [-0.15, -0.1) is 0 Å². The van der Waals surface area contributed by atoms with Crippen LogP contribution >= 0.6 is 0 Å². The SMILES string of the molecule is CC(CN(C)C(=O)c1cccc2nccnc12)/C(N)=N/O. The van der Waals surface area contributed by atoms with Crippen LogP contribution in [0.2, 0.25) is 0 Å². The molecule has 1 aromatic heterocycles. The normalized spacial score (nSPS) is 13.1. The summed E-state index contributed by atoms with van der Waals surface area (Å²) in [5.74, 6) is -0.337. The van der Waals surface area contributed by atoms with Crippen LogP contribution in [-0.2, 0) is 0 Å². The van der Waals surface area contributed by atoms with E-state index in [2.05, 4.69) is 15.1 Å². The number of hydrogen-bond donors (Lipinski definition) is 2. The monoisotopic (exact) mass is 287 g/mol. The largest absolute Gasteiger partial charge is 0.409 e. The van der Waals surface area contributed by atoms with Crippen molar-refractivity contribution in [3.63, 3.8) is 0 Å². The predicted molar refractivity (Wildman–Crippen MR) is 79.1 cm³/mol. The van der Waals surface area contributed by atoms with Crippen molar-refractivity contribution in [3.8, 4) is 0 Å². The summed E-state index contributed by atoms with van der Waals surface area (Å²) in [4.78, 5) is 22.4. The number of carbonyl (C=O) groups excluding carboxylic acids is 1. The maximum Gasteiger partial charge on any atom is 0.255 e. The number of hydrogen-bond acceptors (Lipinski definition) is 5. The van der Waals surface area contributed by atoms with Gasteiger partial charge in [-0.05, 0) is 12.1 Å². The maximum absolute atomic E-state index is 12.5. The molecule has 0 aliphatic carbocycles. The summed E-state index contributed by atoms with van der Waals surface area (Å²) in [6.07, 6.45) is 3.14. The van der Waals surface area contributed by atoms with Crippen LogP contribution in [0.5, 0.6) is 0 Å². The van der Waals surface area contributed by atoms with Crippen LogP contribution in [0.4, 0.5) is 0 Å². The molecule has 2 rings (SSSR count). The van der Waals surface area contributed by atoms with Crippen LogP contribution in [0.15, 0.2) is 35.7 Å². The topological polar surface area (TPSA) is 105 Å². The van der Waals surface area contributed by atoms with Crippen molar-refractivity contribution in [2.45, 2.75) is 6.92 Å². The lowest BCUT2D eigenvalue weighted by Crippen LogP contribution is -2.36. The molecule has 0 saturated carbocycles. The number of nitrogens with zero attached hydrogens (tertiary/aromatic N) is 4. The van der Waals surface area contributed by atoms with Gasteiger partial charge in [0.25, 0.3) is 5.91 Å². The predicted octanol–water partition coefficient (Wildman–Crippen LogP) is 1.08. The Labute approximate surface area is 122 Å². The van der Waals surface area contributed by atoms with E-state index in [9.17, 15) is 4.79 Å². The molecule has 21 heavy (non-hydrogen) atoms. The van der Waals surface area contributed by atoms with E-state index in [1.807, 2.05) is 0 Å². The van der Waals surface area contributed by atoms with Crippen LogP contribution in [0, 0.1) is 5.92 Å². The van der Waals surface area contributed by atoms with E-state index in [-0.39, 0.29) is 17.7 Å². The highest BCUT2D eigenvalue weighted by Crippen LogP contribution is 2.16. The average Bonchev–Trinajstić information content (AvgIpc) is 2.52. The molecular formula is C14H17N5O2. The van der Waals surface area contributed by atoms with Crippen LogP contribution < -0.4 is 5.73 Å². The number of aromatic nitrogens is 2. The van der Waals surface area contributed by atoms with E-state index >= 15 is 0 Å². The number of nitrogens with two attached hydrogens (primary N) is 1. The third-order valence-electron chi connectivity index (χ3n) is 3.24. The zero-order chi connectivity index (χ0) is 15.4. The van der Waals surface area contributed by atoms with E-state index < -0.39 is 0 Å². The molecule has 1 heterocycles. The summed E-state index contributed by atoms with van der Waals surface area (Å²) in [7, 11) is 1.67. The third kappa shape index (κ3) is 3.07. The van der Waals surface area contributed by atoms with Crippen molar-refractivity contribution in [1.82, 2.24) is 14.9 Å². The molecule has 1 aromatic carbocycles. The van der Waals surface area contributed by atoms with E-state index in [0.717, 1.165) is 0 Å². The Hall–Kier alpha value is -2.70.